The van der Waals surface area contributed by atoms with Crippen LogP contribution in [-0.2, 0) is 26.4 Å². The Labute approximate surface area is 245 Å². The first-order valence-electron chi connectivity index (χ1n) is 13.4. The zero-order valence-electron chi connectivity index (χ0n) is 23.7. The van der Waals surface area contributed by atoms with Gasteiger partial charge >= 0.3 is 5.69 Å². The molecule has 5 rings (SSSR count). The van der Waals surface area contributed by atoms with Crippen molar-refractivity contribution >= 4 is 27.5 Å². The number of benzene rings is 1. The SMILES string of the molecule is COc1ccccc1[C@H](Cn1c(=O)n(C(C)(C)C(=O)NC#N)c(=O)c2c(C)c(-c3ncco3)sc21)OC1CCOCC1. The number of ether oxygens (including phenoxy) is 3. The molecule has 0 unspecified atom stereocenters. The standard InChI is InChI=1S/C29H31N5O7S/c1-17-22-25(35)34(29(2,3)27(36)32-16-30)28(37)33(26(22)42-23(17)24-31-11-14-40-24)15-21(41-18-9-12-39-13-10-18)19-7-5-6-8-20(19)38-4/h5-8,11,14,18,21H,9-10,12-13,15H2,1-4H3,(H,32,36)/t21-/m0/s1. The number of fused-ring (bicyclic) bond motifs is 1. The number of carbonyl (C=O) groups is 1. The summed E-state index contributed by atoms with van der Waals surface area (Å²) in [4.78, 5) is 46.5. The number of para-hydroxylation sites is 1. The number of amides is 1. The van der Waals surface area contributed by atoms with Crippen LogP contribution < -0.4 is 21.3 Å². The predicted octanol–water partition coefficient (Wildman–Crippen LogP) is 3.47. The van der Waals surface area contributed by atoms with Crippen LogP contribution in [0.4, 0.5) is 0 Å². The number of nitrogens with one attached hydrogen (secondary N) is 1. The van der Waals surface area contributed by atoms with Gasteiger partial charge in [-0.2, -0.15) is 5.26 Å². The quantitative estimate of drug-likeness (QED) is 0.227. The largest absolute Gasteiger partial charge is 0.496 e. The van der Waals surface area contributed by atoms with Crippen molar-refractivity contribution in [2.75, 3.05) is 20.3 Å². The first-order valence-corrected chi connectivity index (χ1v) is 14.3. The van der Waals surface area contributed by atoms with Crippen molar-refractivity contribution in [3.05, 3.63) is 68.7 Å². The van der Waals surface area contributed by atoms with Gasteiger partial charge in [0.2, 0.25) is 5.89 Å². The molecule has 1 saturated heterocycles. The highest BCUT2D eigenvalue weighted by molar-refractivity contribution is 7.22. The summed E-state index contributed by atoms with van der Waals surface area (Å²) in [7, 11) is 1.57. The number of hydrogen-bond donors (Lipinski definition) is 1. The average Bonchev–Trinajstić information content (AvgIpc) is 3.63. The highest BCUT2D eigenvalue weighted by Gasteiger charge is 2.36. The first-order chi connectivity index (χ1) is 20.2. The van der Waals surface area contributed by atoms with Crippen LogP contribution in [0.1, 0.15) is 43.9 Å². The molecule has 1 amide bonds. The molecule has 13 heteroatoms. The fourth-order valence-corrected chi connectivity index (χ4v) is 6.44. The van der Waals surface area contributed by atoms with Crippen molar-refractivity contribution in [1.29, 1.82) is 5.26 Å². The van der Waals surface area contributed by atoms with Crippen molar-refractivity contribution in [1.82, 2.24) is 19.4 Å². The number of aromatic nitrogens is 3. The Hall–Kier alpha value is -4.25. The molecule has 0 aliphatic carbocycles. The second kappa shape index (κ2) is 11.9. The van der Waals surface area contributed by atoms with Crippen molar-refractivity contribution < 1.29 is 23.4 Å². The molecule has 0 saturated carbocycles. The van der Waals surface area contributed by atoms with E-state index >= 15 is 0 Å². The number of thiophene rings is 1. The van der Waals surface area contributed by atoms with Crippen LogP contribution in [0.3, 0.4) is 0 Å². The average molecular weight is 594 g/mol. The first kappa shape index (κ1) is 29.2. The summed E-state index contributed by atoms with van der Waals surface area (Å²) in [6, 6.07) is 7.41. The van der Waals surface area contributed by atoms with E-state index in [2.05, 4.69) is 10.3 Å². The Balaban J connectivity index is 1.76. The molecule has 0 spiro atoms. The highest BCUT2D eigenvalue weighted by Crippen LogP contribution is 2.37. The number of hydrogen-bond acceptors (Lipinski definition) is 10. The zero-order valence-corrected chi connectivity index (χ0v) is 24.5. The van der Waals surface area contributed by atoms with E-state index in [1.54, 1.807) is 20.2 Å². The molecule has 4 heterocycles. The summed E-state index contributed by atoms with van der Waals surface area (Å²) >= 11 is 1.20. The van der Waals surface area contributed by atoms with Crippen LogP contribution in [0.25, 0.3) is 21.0 Å². The second-order valence-corrected chi connectivity index (χ2v) is 11.4. The molecule has 42 heavy (non-hydrogen) atoms. The van der Waals surface area contributed by atoms with Gasteiger partial charge in [-0.1, -0.05) is 18.2 Å². The fourth-order valence-electron chi connectivity index (χ4n) is 5.20. The molecule has 1 aliphatic heterocycles. The lowest BCUT2D eigenvalue weighted by atomic mass is 10.0. The Morgan fingerprint density at radius 2 is 2.02 bits per heavy atom. The highest BCUT2D eigenvalue weighted by atomic mass is 32.1. The number of carbonyl (C=O) groups excluding carboxylic acids is 1. The van der Waals surface area contributed by atoms with E-state index < -0.39 is 28.8 Å². The molecule has 1 aliphatic rings. The van der Waals surface area contributed by atoms with Gasteiger partial charge in [-0.15, -0.1) is 11.3 Å². The third kappa shape index (κ3) is 5.24. The molecule has 4 aromatic rings. The van der Waals surface area contributed by atoms with Gasteiger partial charge in [0.15, 0.2) is 6.19 Å². The molecule has 1 N–H and O–H groups in total. The van der Waals surface area contributed by atoms with Crippen LogP contribution in [-0.4, -0.2) is 46.5 Å². The van der Waals surface area contributed by atoms with Gasteiger partial charge in [0.05, 0.1) is 36.2 Å². The van der Waals surface area contributed by atoms with E-state index in [1.165, 1.54) is 42.2 Å². The Morgan fingerprint density at radius 3 is 2.69 bits per heavy atom. The van der Waals surface area contributed by atoms with E-state index in [-0.39, 0.29) is 18.0 Å². The van der Waals surface area contributed by atoms with Gasteiger partial charge < -0.3 is 18.6 Å². The van der Waals surface area contributed by atoms with E-state index in [4.69, 9.17) is 23.9 Å². The van der Waals surface area contributed by atoms with Crippen LogP contribution in [0.15, 0.2) is 50.7 Å². The van der Waals surface area contributed by atoms with Gasteiger partial charge in [-0.25, -0.2) is 14.3 Å². The van der Waals surface area contributed by atoms with Crippen molar-refractivity contribution in [2.24, 2.45) is 0 Å². The van der Waals surface area contributed by atoms with Gasteiger partial charge in [0, 0.05) is 18.8 Å². The summed E-state index contributed by atoms with van der Waals surface area (Å²) in [5.41, 5.74) is -1.79. The predicted molar refractivity (Wildman–Crippen MR) is 154 cm³/mol. The molecular formula is C29H31N5O7S. The summed E-state index contributed by atoms with van der Waals surface area (Å²) in [6.07, 6.45) is 5.11. The van der Waals surface area contributed by atoms with Crippen molar-refractivity contribution in [3.63, 3.8) is 0 Å². The molecule has 1 fully saturated rings. The number of aryl methyl sites for hydroxylation is 1. The Kier molecular flexibility index (Phi) is 8.31. The molecule has 0 bridgehead atoms. The van der Waals surface area contributed by atoms with E-state index in [9.17, 15) is 14.4 Å². The minimum Gasteiger partial charge on any atom is -0.496 e. The summed E-state index contributed by atoms with van der Waals surface area (Å²) < 4.78 is 25.7. The number of nitriles is 1. The Bertz CT molecular complexity index is 1760. The molecular weight excluding hydrogens is 562 g/mol. The maximum atomic E-state index is 14.3. The third-order valence-corrected chi connectivity index (χ3v) is 8.79. The normalized spacial score (nSPS) is 14.9. The second-order valence-electron chi connectivity index (χ2n) is 10.4. The fraction of sp³-hybridized carbons (Fsp3) is 0.414. The molecule has 220 valence electrons. The lowest BCUT2D eigenvalue weighted by Crippen LogP contribution is -2.55. The van der Waals surface area contributed by atoms with Gasteiger partial charge in [0.25, 0.3) is 11.5 Å². The van der Waals surface area contributed by atoms with Gasteiger partial charge in [-0.3, -0.25) is 19.5 Å². The Morgan fingerprint density at radius 1 is 1.29 bits per heavy atom. The smallest absolute Gasteiger partial charge is 0.333 e. The zero-order chi connectivity index (χ0) is 30.0. The third-order valence-electron chi connectivity index (χ3n) is 7.48. The van der Waals surface area contributed by atoms with E-state index in [1.807, 2.05) is 24.3 Å². The van der Waals surface area contributed by atoms with Crippen LogP contribution >= 0.6 is 11.3 Å². The van der Waals surface area contributed by atoms with Crippen LogP contribution in [0.2, 0.25) is 0 Å². The number of rotatable bonds is 9. The molecule has 3 aromatic heterocycles. The molecule has 0 radical (unpaired) electrons. The number of methoxy groups -OCH3 is 1. The number of oxazole rings is 1. The van der Waals surface area contributed by atoms with E-state index in [0.29, 0.717) is 53.0 Å². The molecule has 1 atom stereocenters. The molecule has 1 aromatic carbocycles. The minimum atomic E-state index is -1.70. The van der Waals surface area contributed by atoms with Crippen LogP contribution in [0, 0.1) is 18.4 Å². The molecule has 12 nitrogen and oxygen atoms in total. The minimum absolute atomic E-state index is 0.00820. The van der Waals surface area contributed by atoms with Crippen molar-refractivity contribution in [3.8, 4) is 22.7 Å². The van der Waals surface area contributed by atoms with E-state index in [0.717, 1.165) is 10.1 Å². The summed E-state index contributed by atoms with van der Waals surface area (Å²) in [5.74, 6) is 0.0965. The lowest BCUT2D eigenvalue weighted by Gasteiger charge is -2.30. The van der Waals surface area contributed by atoms with Crippen molar-refractivity contribution in [2.45, 2.75) is 57.9 Å². The maximum Gasteiger partial charge on any atom is 0.333 e. The maximum absolute atomic E-state index is 14.3. The monoisotopic (exact) mass is 593 g/mol. The van der Waals surface area contributed by atoms with Gasteiger partial charge in [-0.05, 0) is 45.2 Å². The summed E-state index contributed by atoms with van der Waals surface area (Å²) in [6.45, 7) is 5.72. The van der Waals surface area contributed by atoms with Gasteiger partial charge in [0.1, 0.15) is 28.5 Å². The topological polar surface area (TPSA) is 151 Å². The summed E-state index contributed by atoms with van der Waals surface area (Å²) in [5, 5.41) is 11.4. The number of nitrogens with zero attached hydrogens (tertiary/aromatic N) is 4. The lowest BCUT2D eigenvalue weighted by molar-refractivity contribution is -0.127. The van der Waals surface area contributed by atoms with Crippen LogP contribution in [0.5, 0.6) is 5.75 Å².